The van der Waals surface area contributed by atoms with Crippen molar-refractivity contribution in [2.24, 2.45) is 0 Å². The average Bonchev–Trinajstić information content (AvgIpc) is 2.59. The van der Waals surface area contributed by atoms with Crippen molar-refractivity contribution in [3.8, 4) is 11.5 Å². The summed E-state index contributed by atoms with van der Waals surface area (Å²) in [5.74, 6) is -0.0633. The molecule has 0 unspecified atom stereocenters. The molecular weight excluding hydrogens is 190 g/mol. The van der Waals surface area contributed by atoms with Gasteiger partial charge in [-0.2, -0.15) is 0 Å². The van der Waals surface area contributed by atoms with Crippen LogP contribution in [-0.4, -0.2) is 34.7 Å². The van der Waals surface area contributed by atoms with Crippen LogP contribution in [0.1, 0.15) is 18.4 Å². The number of benzene rings is 1. The summed E-state index contributed by atoms with van der Waals surface area (Å²) in [5, 5.41) is 18.6. The highest BCUT2D eigenvalue weighted by Gasteiger charge is 2.21. The second kappa shape index (κ2) is 4.11. The first kappa shape index (κ1) is 10.3. The van der Waals surface area contributed by atoms with Crippen molar-refractivity contribution in [2.75, 3.05) is 13.6 Å². The van der Waals surface area contributed by atoms with Gasteiger partial charge in [0.1, 0.15) is 0 Å². The summed E-state index contributed by atoms with van der Waals surface area (Å²) in [6.45, 7) is 1.16. The molecule has 0 aliphatic carbocycles. The molecule has 82 valence electrons. The average molecular weight is 207 g/mol. The second-order valence-corrected chi connectivity index (χ2v) is 4.30. The number of nitrogens with zero attached hydrogens (tertiary/aromatic N) is 1. The van der Waals surface area contributed by atoms with Gasteiger partial charge >= 0.3 is 0 Å². The summed E-state index contributed by atoms with van der Waals surface area (Å²) in [4.78, 5) is 2.35. The third kappa shape index (κ3) is 2.23. The van der Waals surface area contributed by atoms with E-state index >= 15 is 0 Å². The number of aromatic hydroxyl groups is 2. The SMILES string of the molecule is CN1CCC[C@H]1Cc1ccc(O)c(O)c1. The van der Waals surface area contributed by atoms with Gasteiger partial charge in [0.05, 0.1) is 0 Å². The summed E-state index contributed by atoms with van der Waals surface area (Å²) >= 11 is 0. The van der Waals surface area contributed by atoms with Gasteiger partial charge in [0.15, 0.2) is 11.5 Å². The van der Waals surface area contributed by atoms with E-state index in [1.54, 1.807) is 12.1 Å². The Morgan fingerprint density at radius 1 is 1.33 bits per heavy atom. The first-order valence-corrected chi connectivity index (χ1v) is 5.38. The van der Waals surface area contributed by atoms with Crippen LogP contribution in [0.3, 0.4) is 0 Å². The molecule has 1 aromatic carbocycles. The molecule has 0 radical (unpaired) electrons. The van der Waals surface area contributed by atoms with Crippen molar-refractivity contribution < 1.29 is 10.2 Å². The summed E-state index contributed by atoms with van der Waals surface area (Å²) in [7, 11) is 2.14. The Morgan fingerprint density at radius 3 is 2.73 bits per heavy atom. The molecule has 0 saturated carbocycles. The number of hydrogen-bond acceptors (Lipinski definition) is 3. The third-order valence-electron chi connectivity index (χ3n) is 3.18. The Bertz CT molecular complexity index is 351. The van der Waals surface area contributed by atoms with Crippen LogP contribution in [0.2, 0.25) is 0 Å². The highest BCUT2D eigenvalue weighted by atomic mass is 16.3. The number of phenolic OH excluding ortho intramolecular Hbond substituents is 2. The molecule has 0 spiro atoms. The highest BCUT2D eigenvalue weighted by molar-refractivity contribution is 5.40. The molecule has 0 amide bonds. The summed E-state index contributed by atoms with van der Waals surface area (Å²) in [5.41, 5.74) is 1.09. The van der Waals surface area contributed by atoms with Gasteiger partial charge < -0.3 is 15.1 Å². The summed E-state index contributed by atoms with van der Waals surface area (Å²) in [6, 6.07) is 5.66. The zero-order chi connectivity index (χ0) is 10.8. The first-order valence-electron chi connectivity index (χ1n) is 5.38. The quantitative estimate of drug-likeness (QED) is 0.726. The van der Waals surface area contributed by atoms with Crippen LogP contribution < -0.4 is 0 Å². The maximum atomic E-state index is 9.38. The van der Waals surface area contributed by atoms with Crippen molar-refractivity contribution >= 4 is 0 Å². The van der Waals surface area contributed by atoms with E-state index in [-0.39, 0.29) is 11.5 Å². The number of hydrogen-bond donors (Lipinski definition) is 2. The lowest BCUT2D eigenvalue weighted by Crippen LogP contribution is -2.26. The Kier molecular flexibility index (Phi) is 2.82. The van der Waals surface area contributed by atoms with Crippen molar-refractivity contribution in [3.05, 3.63) is 23.8 Å². The van der Waals surface area contributed by atoms with E-state index in [1.165, 1.54) is 12.8 Å². The van der Waals surface area contributed by atoms with E-state index in [2.05, 4.69) is 11.9 Å². The van der Waals surface area contributed by atoms with E-state index < -0.39 is 0 Å². The van der Waals surface area contributed by atoms with Crippen molar-refractivity contribution in [1.29, 1.82) is 0 Å². The fourth-order valence-corrected chi connectivity index (χ4v) is 2.21. The molecule has 1 aliphatic heterocycles. The van der Waals surface area contributed by atoms with Crippen molar-refractivity contribution in [1.82, 2.24) is 4.90 Å². The molecule has 1 saturated heterocycles. The Hall–Kier alpha value is -1.22. The molecule has 2 rings (SSSR count). The molecule has 1 fully saturated rings. The monoisotopic (exact) mass is 207 g/mol. The minimum Gasteiger partial charge on any atom is -0.504 e. The van der Waals surface area contributed by atoms with Crippen LogP contribution in [0.25, 0.3) is 0 Å². The van der Waals surface area contributed by atoms with Gasteiger partial charge in [-0.05, 0) is 50.6 Å². The van der Waals surface area contributed by atoms with Gasteiger partial charge in [0, 0.05) is 6.04 Å². The lowest BCUT2D eigenvalue weighted by atomic mass is 10.0. The van der Waals surface area contributed by atoms with Crippen LogP contribution in [-0.2, 0) is 6.42 Å². The molecule has 2 N–H and O–H groups in total. The molecule has 15 heavy (non-hydrogen) atoms. The van der Waals surface area contributed by atoms with E-state index in [0.717, 1.165) is 18.5 Å². The van der Waals surface area contributed by atoms with Crippen molar-refractivity contribution in [3.63, 3.8) is 0 Å². The smallest absolute Gasteiger partial charge is 0.157 e. The molecule has 0 bridgehead atoms. The topological polar surface area (TPSA) is 43.7 Å². The molecule has 1 aromatic rings. The predicted octanol–water partition coefficient (Wildman–Crippen LogP) is 1.73. The minimum atomic E-state index is -0.0430. The number of rotatable bonds is 2. The third-order valence-corrected chi connectivity index (χ3v) is 3.18. The Balaban J connectivity index is 2.07. The van der Waals surface area contributed by atoms with Crippen LogP contribution in [0.4, 0.5) is 0 Å². The maximum absolute atomic E-state index is 9.38. The standard InChI is InChI=1S/C12H17NO2/c1-13-6-2-3-10(13)7-9-4-5-11(14)12(15)8-9/h4-5,8,10,14-15H,2-3,6-7H2,1H3/t10-/m0/s1. The van der Waals surface area contributed by atoms with E-state index in [9.17, 15) is 10.2 Å². The summed E-state index contributed by atoms with van der Waals surface area (Å²) in [6.07, 6.45) is 3.42. The van der Waals surface area contributed by atoms with Gasteiger partial charge in [-0.1, -0.05) is 6.07 Å². The van der Waals surface area contributed by atoms with Crippen LogP contribution in [0, 0.1) is 0 Å². The molecule has 1 heterocycles. The predicted molar refractivity (Wildman–Crippen MR) is 59.1 cm³/mol. The van der Waals surface area contributed by atoms with Crippen molar-refractivity contribution in [2.45, 2.75) is 25.3 Å². The molecule has 3 nitrogen and oxygen atoms in total. The van der Waals surface area contributed by atoms with Crippen LogP contribution in [0.5, 0.6) is 11.5 Å². The largest absolute Gasteiger partial charge is 0.504 e. The molecule has 1 atom stereocenters. The number of likely N-dealkylation sites (tertiary alicyclic amines) is 1. The Morgan fingerprint density at radius 2 is 2.13 bits per heavy atom. The van der Waals surface area contributed by atoms with E-state index in [1.807, 2.05) is 6.07 Å². The van der Waals surface area contributed by atoms with Gasteiger partial charge in [-0.3, -0.25) is 0 Å². The van der Waals surface area contributed by atoms with Gasteiger partial charge in [0.2, 0.25) is 0 Å². The van der Waals surface area contributed by atoms with Gasteiger partial charge in [-0.15, -0.1) is 0 Å². The van der Waals surface area contributed by atoms with Gasteiger partial charge in [0.25, 0.3) is 0 Å². The molecular formula is C12H17NO2. The van der Waals surface area contributed by atoms with Crippen LogP contribution in [0.15, 0.2) is 18.2 Å². The summed E-state index contributed by atoms with van der Waals surface area (Å²) < 4.78 is 0. The van der Waals surface area contributed by atoms with Gasteiger partial charge in [-0.25, -0.2) is 0 Å². The number of likely N-dealkylation sites (N-methyl/N-ethyl adjacent to an activating group) is 1. The highest BCUT2D eigenvalue weighted by Crippen LogP contribution is 2.27. The minimum absolute atomic E-state index is 0.0202. The molecule has 3 heteroatoms. The second-order valence-electron chi connectivity index (χ2n) is 4.30. The fraction of sp³-hybridized carbons (Fsp3) is 0.500. The normalized spacial score (nSPS) is 22.1. The van der Waals surface area contributed by atoms with Crippen LogP contribution >= 0.6 is 0 Å². The fourth-order valence-electron chi connectivity index (χ4n) is 2.21. The lowest BCUT2D eigenvalue weighted by Gasteiger charge is -2.19. The zero-order valence-electron chi connectivity index (χ0n) is 8.98. The zero-order valence-corrected chi connectivity index (χ0v) is 8.98. The van der Waals surface area contributed by atoms with E-state index in [4.69, 9.17) is 0 Å². The Labute approximate surface area is 90.0 Å². The van der Waals surface area contributed by atoms with E-state index in [0.29, 0.717) is 6.04 Å². The maximum Gasteiger partial charge on any atom is 0.157 e. The first-order chi connectivity index (χ1) is 7.16. The molecule has 0 aromatic heterocycles. The number of phenols is 2. The lowest BCUT2D eigenvalue weighted by molar-refractivity contribution is 0.309. The molecule has 1 aliphatic rings.